The Morgan fingerprint density at radius 3 is 2.40 bits per heavy atom. The predicted molar refractivity (Wildman–Crippen MR) is 98.8 cm³/mol. The SMILES string of the molecule is CNc1cnn(-c2ccc(C(=O)Nc3ccccc3)cc2)c(=O)c1Cl. The van der Waals surface area contributed by atoms with Crippen LogP contribution in [0.4, 0.5) is 11.4 Å². The molecule has 2 N–H and O–H groups in total. The number of hydrogen-bond donors (Lipinski definition) is 2. The fourth-order valence-corrected chi connectivity index (χ4v) is 2.49. The lowest BCUT2D eigenvalue weighted by molar-refractivity contribution is 0.102. The van der Waals surface area contributed by atoms with E-state index < -0.39 is 5.56 Å². The van der Waals surface area contributed by atoms with E-state index in [0.717, 1.165) is 0 Å². The van der Waals surface area contributed by atoms with Gasteiger partial charge in [0.2, 0.25) is 0 Å². The number of aromatic nitrogens is 2. The normalized spacial score (nSPS) is 10.3. The van der Waals surface area contributed by atoms with E-state index in [9.17, 15) is 9.59 Å². The first kappa shape index (κ1) is 16.7. The molecular formula is C18H15ClN4O2. The van der Waals surface area contributed by atoms with Gasteiger partial charge in [0.1, 0.15) is 5.02 Å². The van der Waals surface area contributed by atoms with Crippen LogP contribution in [0.1, 0.15) is 10.4 Å². The molecule has 6 nitrogen and oxygen atoms in total. The fourth-order valence-electron chi connectivity index (χ4n) is 2.27. The molecule has 0 saturated carbocycles. The van der Waals surface area contributed by atoms with Crippen molar-refractivity contribution in [2.24, 2.45) is 0 Å². The zero-order chi connectivity index (χ0) is 17.8. The molecule has 0 aliphatic heterocycles. The van der Waals surface area contributed by atoms with E-state index in [0.29, 0.717) is 22.6 Å². The Balaban J connectivity index is 1.84. The van der Waals surface area contributed by atoms with E-state index in [4.69, 9.17) is 11.6 Å². The number of carbonyl (C=O) groups excluding carboxylic acids is 1. The average molecular weight is 355 g/mol. The van der Waals surface area contributed by atoms with Crippen LogP contribution in [0.15, 0.2) is 65.6 Å². The molecule has 0 radical (unpaired) electrons. The van der Waals surface area contributed by atoms with Crippen LogP contribution in [0, 0.1) is 0 Å². The van der Waals surface area contributed by atoms with Crippen molar-refractivity contribution >= 4 is 28.9 Å². The Morgan fingerprint density at radius 2 is 1.76 bits per heavy atom. The first-order valence-corrected chi connectivity index (χ1v) is 7.90. The maximum absolute atomic E-state index is 12.3. The van der Waals surface area contributed by atoms with Gasteiger partial charge in [-0.05, 0) is 36.4 Å². The minimum Gasteiger partial charge on any atom is -0.385 e. The molecule has 7 heteroatoms. The number of carbonyl (C=O) groups is 1. The van der Waals surface area contributed by atoms with Crippen LogP contribution in [0.5, 0.6) is 0 Å². The Bertz CT molecular complexity index is 953. The van der Waals surface area contributed by atoms with Gasteiger partial charge in [0.15, 0.2) is 0 Å². The van der Waals surface area contributed by atoms with Gasteiger partial charge in [-0.3, -0.25) is 9.59 Å². The van der Waals surface area contributed by atoms with E-state index in [1.54, 1.807) is 43.4 Å². The summed E-state index contributed by atoms with van der Waals surface area (Å²) in [5, 5.41) is 9.74. The summed E-state index contributed by atoms with van der Waals surface area (Å²) in [5.41, 5.74) is 1.73. The quantitative estimate of drug-likeness (QED) is 0.754. The second-order valence-electron chi connectivity index (χ2n) is 5.21. The molecule has 3 rings (SSSR count). The van der Waals surface area contributed by atoms with Crippen LogP contribution < -0.4 is 16.2 Å². The molecule has 25 heavy (non-hydrogen) atoms. The fraction of sp³-hybridized carbons (Fsp3) is 0.0556. The highest BCUT2D eigenvalue weighted by atomic mass is 35.5. The van der Waals surface area contributed by atoms with E-state index >= 15 is 0 Å². The summed E-state index contributed by atoms with van der Waals surface area (Å²) < 4.78 is 1.18. The Kier molecular flexibility index (Phi) is 4.81. The first-order chi connectivity index (χ1) is 12.1. The van der Waals surface area contributed by atoms with Crippen LogP contribution in [0.3, 0.4) is 0 Å². The van der Waals surface area contributed by atoms with Gasteiger partial charge in [0, 0.05) is 18.3 Å². The van der Waals surface area contributed by atoms with Gasteiger partial charge in [-0.2, -0.15) is 9.78 Å². The summed E-state index contributed by atoms with van der Waals surface area (Å²) in [7, 11) is 1.66. The zero-order valence-corrected chi connectivity index (χ0v) is 14.1. The van der Waals surface area contributed by atoms with Crippen LogP contribution in [0.25, 0.3) is 5.69 Å². The van der Waals surface area contributed by atoms with Crippen molar-refractivity contribution in [3.8, 4) is 5.69 Å². The van der Waals surface area contributed by atoms with Gasteiger partial charge < -0.3 is 10.6 Å². The Morgan fingerprint density at radius 1 is 1.08 bits per heavy atom. The second kappa shape index (κ2) is 7.19. The van der Waals surface area contributed by atoms with Gasteiger partial charge in [0.05, 0.1) is 17.6 Å². The number of nitrogens with zero attached hydrogens (tertiary/aromatic N) is 2. The van der Waals surface area contributed by atoms with E-state index in [2.05, 4.69) is 15.7 Å². The monoisotopic (exact) mass is 354 g/mol. The van der Waals surface area contributed by atoms with Gasteiger partial charge in [-0.25, -0.2) is 0 Å². The van der Waals surface area contributed by atoms with Crippen molar-refractivity contribution < 1.29 is 4.79 Å². The number of rotatable bonds is 4. The molecular weight excluding hydrogens is 340 g/mol. The van der Waals surface area contributed by atoms with Crippen molar-refractivity contribution in [2.45, 2.75) is 0 Å². The standard InChI is InChI=1S/C18H15ClN4O2/c1-20-15-11-21-23(18(25)16(15)19)14-9-7-12(8-10-14)17(24)22-13-5-3-2-4-6-13/h2-11,20H,1H3,(H,22,24). The third-order valence-electron chi connectivity index (χ3n) is 3.59. The van der Waals surface area contributed by atoms with E-state index in [1.807, 2.05) is 18.2 Å². The van der Waals surface area contributed by atoms with Gasteiger partial charge in [0.25, 0.3) is 11.5 Å². The van der Waals surface area contributed by atoms with Crippen LogP contribution >= 0.6 is 11.6 Å². The minimum absolute atomic E-state index is 0.0587. The summed E-state index contributed by atoms with van der Waals surface area (Å²) in [6.07, 6.45) is 1.47. The third kappa shape index (κ3) is 3.54. The van der Waals surface area contributed by atoms with Crippen molar-refractivity contribution in [3.05, 3.63) is 81.7 Å². The average Bonchev–Trinajstić information content (AvgIpc) is 2.65. The highest BCUT2D eigenvalue weighted by Crippen LogP contribution is 2.16. The number of benzene rings is 2. The molecule has 0 aliphatic rings. The summed E-state index contributed by atoms with van der Waals surface area (Å²) in [6, 6.07) is 15.7. The number of amides is 1. The van der Waals surface area contributed by atoms with Crippen LogP contribution in [-0.2, 0) is 0 Å². The molecule has 0 bridgehead atoms. The number of halogens is 1. The third-order valence-corrected chi connectivity index (χ3v) is 3.96. The lowest BCUT2D eigenvalue weighted by Crippen LogP contribution is -2.22. The number of hydrogen-bond acceptors (Lipinski definition) is 4. The summed E-state index contributed by atoms with van der Waals surface area (Å²) in [6.45, 7) is 0. The molecule has 1 aromatic heterocycles. The zero-order valence-electron chi connectivity index (χ0n) is 13.4. The summed E-state index contributed by atoms with van der Waals surface area (Å²) >= 11 is 6.02. The highest BCUT2D eigenvalue weighted by molar-refractivity contribution is 6.32. The van der Waals surface area contributed by atoms with Crippen molar-refractivity contribution in [1.82, 2.24) is 9.78 Å². The smallest absolute Gasteiger partial charge is 0.292 e. The molecule has 1 heterocycles. The minimum atomic E-state index is -0.435. The van der Waals surface area contributed by atoms with Crippen LogP contribution in [0.2, 0.25) is 5.02 Å². The molecule has 126 valence electrons. The lowest BCUT2D eigenvalue weighted by atomic mass is 10.2. The first-order valence-electron chi connectivity index (χ1n) is 7.52. The highest BCUT2D eigenvalue weighted by Gasteiger charge is 2.11. The largest absolute Gasteiger partial charge is 0.385 e. The number of nitrogens with one attached hydrogen (secondary N) is 2. The molecule has 0 spiro atoms. The van der Waals surface area contributed by atoms with Gasteiger partial charge in [-0.1, -0.05) is 29.8 Å². The summed E-state index contributed by atoms with van der Waals surface area (Å²) in [5.74, 6) is -0.235. The molecule has 2 aromatic carbocycles. The number of para-hydroxylation sites is 1. The topological polar surface area (TPSA) is 76.0 Å². The molecule has 0 aliphatic carbocycles. The van der Waals surface area contributed by atoms with Gasteiger partial charge >= 0.3 is 0 Å². The number of anilines is 2. The second-order valence-corrected chi connectivity index (χ2v) is 5.58. The predicted octanol–water partition coefficient (Wildman–Crippen LogP) is 3.18. The Labute approximate surface area is 149 Å². The lowest BCUT2D eigenvalue weighted by Gasteiger charge is -2.09. The molecule has 1 amide bonds. The molecule has 3 aromatic rings. The summed E-state index contributed by atoms with van der Waals surface area (Å²) in [4.78, 5) is 24.5. The molecule has 0 unspecified atom stereocenters. The van der Waals surface area contributed by atoms with Crippen molar-refractivity contribution in [2.75, 3.05) is 17.7 Å². The van der Waals surface area contributed by atoms with Gasteiger partial charge in [-0.15, -0.1) is 0 Å². The molecule has 0 saturated heterocycles. The van der Waals surface area contributed by atoms with E-state index in [1.165, 1.54) is 10.9 Å². The maximum atomic E-state index is 12.3. The van der Waals surface area contributed by atoms with Crippen molar-refractivity contribution in [3.63, 3.8) is 0 Å². The van der Waals surface area contributed by atoms with Crippen LogP contribution in [-0.4, -0.2) is 22.7 Å². The van der Waals surface area contributed by atoms with E-state index in [-0.39, 0.29) is 10.9 Å². The molecule has 0 atom stereocenters. The molecule has 0 fully saturated rings. The maximum Gasteiger partial charge on any atom is 0.292 e. The Hall–Kier alpha value is -3.12. The van der Waals surface area contributed by atoms with Crippen molar-refractivity contribution in [1.29, 1.82) is 0 Å².